The molecular weight excluding hydrogens is 401 g/mol. The van der Waals surface area contributed by atoms with Crippen LogP contribution in [0.5, 0.6) is 0 Å². The Bertz CT molecular complexity index is 876. The molecule has 2 aromatic carbocycles. The van der Waals surface area contributed by atoms with Crippen LogP contribution in [0.15, 0.2) is 54.6 Å². The lowest BCUT2D eigenvalue weighted by Gasteiger charge is -2.41. The number of para-hydroxylation sites is 1. The molecule has 0 aromatic heterocycles. The Hall–Kier alpha value is -2.52. The van der Waals surface area contributed by atoms with E-state index in [-0.39, 0.29) is 24.8 Å². The third-order valence-electron chi connectivity index (χ3n) is 6.05. The van der Waals surface area contributed by atoms with Crippen molar-refractivity contribution in [3.05, 3.63) is 66.0 Å². The third kappa shape index (κ3) is 4.88. The van der Waals surface area contributed by atoms with Gasteiger partial charge in [0.05, 0.1) is 18.8 Å². The number of aliphatic hydroxyl groups excluding tert-OH is 2. The van der Waals surface area contributed by atoms with E-state index in [2.05, 4.69) is 27.2 Å². The summed E-state index contributed by atoms with van der Waals surface area (Å²) in [5.41, 5.74) is 1.39. The number of piperazine rings is 1. The summed E-state index contributed by atoms with van der Waals surface area (Å²) in [6.45, 7) is 2.93. The zero-order valence-corrected chi connectivity index (χ0v) is 17.2. The molecule has 2 aliphatic rings. The van der Waals surface area contributed by atoms with Crippen LogP contribution in [0.4, 0.5) is 10.1 Å². The Balaban J connectivity index is 1.39. The number of halogens is 1. The zero-order valence-electron chi connectivity index (χ0n) is 17.2. The average Bonchev–Trinajstić information content (AvgIpc) is 3.13. The van der Waals surface area contributed by atoms with E-state index in [4.69, 9.17) is 4.74 Å². The van der Waals surface area contributed by atoms with Crippen LogP contribution < -0.4 is 10.2 Å². The average molecular weight is 429 g/mol. The standard InChI is InChI=1S/C23H28FN3O4/c24-17-6-4-5-16(13-17)23(30)25-14-19-21(22(29)20(15-28)31-19)27-11-9-26(10-12-27)18-7-2-1-3-8-18/h1-8,13,19-22,28-29H,9-12,14-15H2,(H,25,30)/t19-,20+,21+,22-/m1/s1. The second-order valence-corrected chi connectivity index (χ2v) is 7.96. The summed E-state index contributed by atoms with van der Waals surface area (Å²) >= 11 is 0. The Morgan fingerprint density at radius 1 is 1.06 bits per heavy atom. The molecule has 4 rings (SSSR count). The maximum atomic E-state index is 13.4. The number of carbonyl (C=O) groups is 1. The van der Waals surface area contributed by atoms with E-state index in [0.29, 0.717) is 0 Å². The molecule has 0 radical (unpaired) electrons. The van der Waals surface area contributed by atoms with Crippen LogP contribution in [0.25, 0.3) is 0 Å². The van der Waals surface area contributed by atoms with Crippen LogP contribution in [0.1, 0.15) is 10.4 Å². The quantitative estimate of drug-likeness (QED) is 0.632. The van der Waals surface area contributed by atoms with E-state index >= 15 is 0 Å². The third-order valence-corrected chi connectivity index (χ3v) is 6.05. The van der Waals surface area contributed by atoms with Crippen molar-refractivity contribution in [2.75, 3.05) is 44.2 Å². The zero-order chi connectivity index (χ0) is 21.8. The number of aliphatic hydroxyl groups is 2. The smallest absolute Gasteiger partial charge is 0.251 e. The Morgan fingerprint density at radius 2 is 1.81 bits per heavy atom. The van der Waals surface area contributed by atoms with Gasteiger partial charge in [-0.05, 0) is 30.3 Å². The molecule has 2 saturated heterocycles. The highest BCUT2D eigenvalue weighted by atomic mass is 19.1. The van der Waals surface area contributed by atoms with Gasteiger partial charge in [0, 0.05) is 44.0 Å². The molecule has 2 aromatic rings. The minimum absolute atomic E-state index is 0.159. The van der Waals surface area contributed by atoms with Crippen LogP contribution in [0, 0.1) is 5.82 Å². The van der Waals surface area contributed by atoms with Gasteiger partial charge in [-0.15, -0.1) is 0 Å². The number of ether oxygens (including phenoxy) is 1. The molecule has 8 heteroatoms. The van der Waals surface area contributed by atoms with E-state index in [9.17, 15) is 19.4 Å². The van der Waals surface area contributed by atoms with E-state index < -0.39 is 30.0 Å². The predicted molar refractivity (Wildman–Crippen MR) is 115 cm³/mol. The molecule has 0 spiro atoms. The lowest BCUT2D eigenvalue weighted by Crippen LogP contribution is -2.57. The molecule has 0 saturated carbocycles. The van der Waals surface area contributed by atoms with Gasteiger partial charge in [-0.2, -0.15) is 0 Å². The van der Waals surface area contributed by atoms with Gasteiger partial charge in [-0.1, -0.05) is 24.3 Å². The molecule has 0 unspecified atom stereocenters. The molecule has 31 heavy (non-hydrogen) atoms. The number of nitrogens with one attached hydrogen (secondary N) is 1. The maximum absolute atomic E-state index is 13.4. The Morgan fingerprint density at radius 3 is 2.48 bits per heavy atom. The van der Waals surface area contributed by atoms with Crippen LogP contribution in [-0.4, -0.2) is 84.7 Å². The van der Waals surface area contributed by atoms with E-state index in [1.165, 1.54) is 18.2 Å². The number of hydrogen-bond acceptors (Lipinski definition) is 6. The lowest BCUT2D eigenvalue weighted by molar-refractivity contribution is -0.0209. The van der Waals surface area contributed by atoms with Crippen LogP contribution in [0.2, 0.25) is 0 Å². The van der Waals surface area contributed by atoms with Crippen molar-refractivity contribution < 1.29 is 24.1 Å². The minimum Gasteiger partial charge on any atom is -0.394 e. The van der Waals surface area contributed by atoms with Gasteiger partial charge in [0.15, 0.2) is 0 Å². The molecule has 166 valence electrons. The van der Waals surface area contributed by atoms with Gasteiger partial charge in [0.1, 0.15) is 18.0 Å². The van der Waals surface area contributed by atoms with Crippen molar-refractivity contribution in [2.45, 2.75) is 24.4 Å². The van der Waals surface area contributed by atoms with Crippen LogP contribution in [0.3, 0.4) is 0 Å². The molecule has 2 fully saturated rings. The number of nitrogens with zero attached hydrogens (tertiary/aromatic N) is 2. The maximum Gasteiger partial charge on any atom is 0.251 e. The number of carbonyl (C=O) groups excluding carboxylic acids is 1. The van der Waals surface area contributed by atoms with Crippen molar-refractivity contribution in [3.63, 3.8) is 0 Å². The Kier molecular flexibility index (Phi) is 6.82. The molecule has 2 aliphatic heterocycles. The molecule has 7 nitrogen and oxygen atoms in total. The van der Waals surface area contributed by atoms with E-state index in [1.807, 2.05) is 18.2 Å². The highest BCUT2D eigenvalue weighted by molar-refractivity contribution is 5.94. The highest BCUT2D eigenvalue weighted by Gasteiger charge is 2.46. The molecule has 2 heterocycles. The van der Waals surface area contributed by atoms with E-state index in [0.717, 1.165) is 31.9 Å². The fraction of sp³-hybridized carbons (Fsp3) is 0.435. The van der Waals surface area contributed by atoms with Crippen LogP contribution >= 0.6 is 0 Å². The predicted octanol–water partition coefficient (Wildman–Crippen LogP) is 0.867. The fourth-order valence-electron chi connectivity index (χ4n) is 4.44. The summed E-state index contributed by atoms with van der Waals surface area (Å²) in [6, 6.07) is 15.3. The number of benzene rings is 2. The summed E-state index contributed by atoms with van der Waals surface area (Å²) in [5.74, 6) is -0.882. The number of rotatable bonds is 6. The lowest BCUT2D eigenvalue weighted by atomic mass is 10.0. The minimum atomic E-state index is -0.857. The second-order valence-electron chi connectivity index (χ2n) is 7.96. The van der Waals surface area contributed by atoms with Crippen molar-refractivity contribution in [3.8, 4) is 0 Å². The molecule has 3 N–H and O–H groups in total. The van der Waals surface area contributed by atoms with Gasteiger partial charge in [0.2, 0.25) is 0 Å². The first-order valence-corrected chi connectivity index (χ1v) is 10.6. The van der Waals surface area contributed by atoms with Crippen molar-refractivity contribution in [1.29, 1.82) is 0 Å². The number of anilines is 1. The summed E-state index contributed by atoms with van der Waals surface area (Å²) in [7, 11) is 0. The largest absolute Gasteiger partial charge is 0.394 e. The fourth-order valence-corrected chi connectivity index (χ4v) is 4.44. The summed E-state index contributed by atoms with van der Waals surface area (Å²) in [4.78, 5) is 16.9. The Labute approximate surface area is 181 Å². The van der Waals surface area contributed by atoms with Crippen molar-refractivity contribution in [2.24, 2.45) is 0 Å². The van der Waals surface area contributed by atoms with Gasteiger partial charge in [0.25, 0.3) is 5.91 Å². The van der Waals surface area contributed by atoms with E-state index in [1.54, 1.807) is 6.07 Å². The molecular formula is C23H28FN3O4. The first kappa shape index (κ1) is 21.7. The van der Waals surface area contributed by atoms with Gasteiger partial charge in [-0.25, -0.2) is 4.39 Å². The highest BCUT2D eigenvalue weighted by Crippen LogP contribution is 2.27. The summed E-state index contributed by atoms with van der Waals surface area (Å²) < 4.78 is 19.3. The normalized spacial score (nSPS) is 26.7. The topological polar surface area (TPSA) is 85.3 Å². The monoisotopic (exact) mass is 429 g/mol. The second kappa shape index (κ2) is 9.74. The van der Waals surface area contributed by atoms with Crippen molar-refractivity contribution in [1.82, 2.24) is 10.2 Å². The van der Waals surface area contributed by atoms with Gasteiger partial charge < -0.3 is 25.2 Å². The van der Waals surface area contributed by atoms with Crippen molar-refractivity contribution >= 4 is 11.6 Å². The molecule has 4 atom stereocenters. The van der Waals surface area contributed by atoms with Crippen LogP contribution in [-0.2, 0) is 4.74 Å². The molecule has 0 bridgehead atoms. The SMILES string of the molecule is O=C(NC[C@H]1O[C@@H](CO)[C@@H](O)[C@H]1N1CCN(c2ccccc2)CC1)c1cccc(F)c1. The first-order valence-electron chi connectivity index (χ1n) is 10.6. The molecule has 1 amide bonds. The van der Waals surface area contributed by atoms with Gasteiger partial charge >= 0.3 is 0 Å². The summed E-state index contributed by atoms with van der Waals surface area (Å²) in [5, 5.41) is 23.2. The first-order chi connectivity index (χ1) is 15.1. The number of amides is 1. The summed E-state index contributed by atoms with van der Waals surface area (Å²) in [6.07, 6.45) is -2.04. The number of hydrogen-bond donors (Lipinski definition) is 3. The molecule has 0 aliphatic carbocycles. The van der Waals surface area contributed by atoms with Gasteiger partial charge in [-0.3, -0.25) is 9.69 Å².